The molecule has 0 aromatic carbocycles. The average molecular weight is 248 g/mol. The summed E-state index contributed by atoms with van der Waals surface area (Å²) in [6.07, 6.45) is 0. The number of nitrogens with zero attached hydrogens (tertiary/aromatic N) is 2. The third kappa shape index (κ3) is 4.02. The fourth-order valence-corrected chi connectivity index (χ4v) is 2.26. The van der Waals surface area contributed by atoms with Crippen molar-refractivity contribution in [3.05, 3.63) is 0 Å². The van der Waals surface area contributed by atoms with Gasteiger partial charge >= 0.3 is 5.97 Å². The standard InChI is InChI=1S/C10H20N2O3S/c1-10(12(4)5,9(15)11(2)3)7-16-6-8(13)14/h6-7H2,1-5H3,(H,13,14). The van der Waals surface area contributed by atoms with Crippen LogP contribution in [0.1, 0.15) is 6.92 Å². The van der Waals surface area contributed by atoms with Crippen molar-refractivity contribution in [3.63, 3.8) is 0 Å². The monoisotopic (exact) mass is 248 g/mol. The summed E-state index contributed by atoms with van der Waals surface area (Å²) in [5, 5.41) is 8.57. The Kier molecular flexibility index (Phi) is 5.81. The van der Waals surface area contributed by atoms with Crippen LogP contribution in [0.3, 0.4) is 0 Å². The molecule has 6 heteroatoms. The minimum atomic E-state index is -0.858. The van der Waals surface area contributed by atoms with Gasteiger partial charge < -0.3 is 10.0 Å². The van der Waals surface area contributed by atoms with E-state index in [-0.39, 0.29) is 11.7 Å². The van der Waals surface area contributed by atoms with Gasteiger partial charge in [-0.25, -0.2) is 0 Å². The van der Waals surface area contributed by atoms with E-state index in [0.29, 0.717) is 5.75 Å². The molecule has 0 radical (unpaired) electrons. The molecule has 0 heterocycles. The second-order valence-electron chi connectivity index (χ2n) is 4.25. The zero-order chi connectivity index (χ0) is 12.9. The first kappa shape index (κ1) is 15.2. The second-order valence-corrected chi connectivity index (χ2v) is 5.24. The SMILES string of the molecule is CN(C)C(=O)C(C)(CSCC(=O)O)N(C)C. The van der Waals surface area contributed by atoms with Crippen LogP contribution < -0.4 is 0 Å². The van der Waals surface area contributed by atoms with E-state index in [2.05, 4.69) is 0 Å². The summed E-state index contributed by atoms with van der Waals surface area (Å²) >= 11 is 1.25. The van der Waals surface area contributed by atoms with Crippen molar-refractivity contribution in [2.45, 2.75) is 12.5 Å². The molecule has 0 aromatic rings. The van der Waals surface area contributed by atoms with Crippen LogP contribution in [0.25, 0.3) is 0 Å². The summed E-state index contributed by atoms with van der Waals surface area (Å²) in [5.41, 5.74) is -0.663. The first-order chi connectivity index (χ1) is 7.21. The summed E-state index contributed by atoms with van der Waals surface area (Å²) in [7, 11) is 7.04. The molecule has 1 unspecified atom stereocenters. The van der Waals surface area contributed by atoms with E-state index in [0.717, 1.165) is 0 Å². The number of carboxylic acids is 1. The first-order valence-corrected chi connectivity index (χ1v) is 6.06. The molecule has 1 N–H and O–H groups in total. The van der Waals surface area contributed by atoms with E-state index in [1.165, 1.54) is 16.7 Å². The molecule has 1 atom stereocenters. The second kappa shape index (κ2) is 6.10. The van der Waals surface area contributed by atoms with Gasteiger partial charge in [-0.05, 0) is 21.0 Å². The molecule has 1 amide bonds. The van der Waals surface area contributed by atoms with Crippen LogP contribution in [-0.4, -0.2) is 72.0 Å². The number of rotatable bonds is 6. The Morgan fingerprint density at radius 1 is 1.25 bits per heavy atom. The summed E-state index contributed by atoms with van der Waals surface area (Å²) < 4.78 is 0. The van der Waals surface area contributed by atoms with Gasteiger partial charge in [0.25, 0.3) is 0 Å². The van der Waals surface area contributed by atoms with E-state index < -0.39 is 11.5 Å². The van der Waals surface area contributed by atoms with E-state index in [1.54, 1.807) is 14.1 Å². The highest BCUT2D eigenvalue weighted by Gasteiger charge is 2.36. The molecule has 0 saturated heterocycles. The van der Waals surface area contributed by atoms with Crippen molar-refractivity contribution in [2.75, 3.05) is 39.7 Å². The van der Waals surface area contributed by atoms with Crippen molar-refractivity contribution < 1.29 is 14.7 Å². The molecule has 5 nitrogen and oxygen atoms in total. The van der Waals surface area contributed by atoms with Gasteiger partial charge in [0, 0.05) is 19.8 Å². The Labute approximate surface area is 101 Å². The zero-order valence-corrected chi connectivity index (χ0v) is 11.3. The van der Waals surface area contributed by atoms with Crippen molar-refractivity contribution in [1.82, 2.24) is 9.80 Å². The van der Waals surface area contributed by atoms with Crippen LogP contribution >= 0.6 is 11.8 Å². The maximum Gasteiger partial charge on any atom is 0.313 e. The van der Waals surface area contributed by atoms with Crippen LogP contribution in [-0.2, 0) is 9.59 Å². The third-order valence-electron chi connectivity index (χ3n) is 2.46. The molecule has 0 aliphatic rings. The predicted octanol–water partition coefficient (Wildman–Crippen LogP) is 0.213. The fourth-order valence-electron chi connectivity index (χ4n) is 1.20. The Morgan fingerprint density at radius 3 is 2.06 bits per heavy atom. The molecule has 0 aliphatic heterocycles. The molecule has 0 saturated carbocycles. The van der Waals surface area contributed by atoms with Crippen molar-refractivity contribution in [1.29, 1.82) is 0 Å². The number of carbonyl (C=O) groups is 2. The lowest BCUT2D eigenvalue weighted by molar-refractivity contribution is -0.138. The number of carbonyl (C=O) groups excluding carboxylic acids is 1. The Balaban J connectivity index is 4.58. The zero-order valence-electron chi connectivity index (χ0n) is 10.5. The maximum atomic E-state index is 12.0. The lowest BCUT2D eigenvalue weighted by Crippen LogP contribution is -2.55. The lowest BCUT2D eigenvalue weighted by atomic mass is 10.0. The number of likely N-dealkylation sites (N-methyl/N-ethyl adjacent to an activating group) is 2. The highest BCUT2D eigenvalue weighted by molar-refractivity contribution is 8.00. The van der Waals surface area contributed by atoms with Crippen molar-refractivity contribution in [2.24, 2.45) is 0 Å². The molecule has 0 aromatic heterocycles. The van der Waals surface area contributed by atoms with Crippen LogP contribution in [0.15, 0.2) is 0 Å². The number of hydrogen-bond donors (Lipinski definition) is 1. The Hall–Kier alpha value is -0.750. The highest BCUT2D eigenvalue weighted by atomic mass is 32.2. The molecule has 0 bridgehead atoms. The first-order valence-electron chi connectivity index (χ1n) is 4.90. The quantitative estimate of drug-likeness (QED) is 0.728. The molecule has 0 rings (SSSR count). The van der Waals surface area contributed by atoms with Gasteiger partial charge in [-0.2, -0.15) is 0 Å². The van der Waals surface area contributed by atoms with Gasteiger partial charge in [0.15, 0.2) is 0 Å². The molecular weight excluding hydrogens is 228 g/mol. The van der Waals surface area contributed by atoms with Gasteiger partial charge in [-0.15, -0.1) is 11.8 Å². The van der Waals surface area contributed by atoms with Crippen LogP contribution in [0.5, 0.6) is 0 Å². The molecule has 0 fully saturated rings. The molecular formula is C10H20N2O3S. The Morgan fingerprint density at radius 2 is 1.75 bits per heavy atom. The summed E-state index contributed by atoms with van der Waals surface area (Å²) in [6, 6.07) is 0. The smallest absolute Gasteiger partial charge is 0.313 e. The van der Waals surface area contributed by atoms with E-state index in [9.17, 15) is 9.59 Å². The predicted molar refractivity (Wildman–Crippen MR) is 65.7 cm³/mol. The van der Waals surface area contributed by atoms with Crippen molar-refractivity contribution in [3.8, 4) is 0 Å². The average Bonchev–Trinajstić information content (AvgIpc) is 2.15. The molecule has 16 heavy (non-hydrogen) atoms. The number of thioether (sulfide) groups is 1. The van der Waals surface area contributed by atoms with Gasteiger partial charge in [0.05, 0.1) is 5.75 Å². The maximum absolute atomic E-state index is 12.0. The normalized spacial score (nSPS) is 14.6. The minimum Gasteiger partial charge on any atom is -0.481 e. The number of carboxylic acid groups (broad SMARTS) is 1. The van der Waals surface area contributed by atoms with Gasteiger partial charge in [0.1, 0.15) is 5.54 Å². The number of amides is 1. The Bertz CT molecular complexity index is 269. The molecule has 0 aliphatic carbocycles. The highest BCUT2D eigenvalue weighted by Crippen LogP contribution is 2.20. The van der Waals surface area contributed by atoms with Gasteiger partial charge in [-0.1, -0.05) is 0 Å². The number of aliphatic carboxylic acids is 1. The topological polar surface area (TPSA) is 60.9 Å². The minimum absolute atomic E-state index is 0.0180. The number of hydrogen-bond acceptors (Lipinski definition) is 4. The van der Waals surface area contributed by atoms with Crippen LogP contribution in [0.2, 0.25) is 0 Å². The van der Waals surface area contributed by atoms with Crippen LogP contribution in [0.4, 0.5) is 0 Å². The summed E-state index contributed by atoms with van der Waals surface area (Å²) in [4.78, 5) is 25.8. The summed E-state index contributed by atoms with van der Waals surface area (Å²) in [5.74, 6) is -0.396. The summed E-state index contributed by atoms with van der Waals surface area (Å²) in [6.45, 7) is 1.82. The van der Waals surface area contributed by atoms with Crippen molar-refractivity contribution >= 4 is 23.6 Å². The molecule has 94 valence electrons. The lowest BCUT2D eigenvalue weighted by Gasteiger charge is -2.36. The fraction of sp³-hybridized carbons (Fsp3) is 0.800. The van der Waals surface area contributed by atoms with E-state index >= 15 is 0 Å². The van der Waals surface area contributed by atoms with E-state index in [4.69, 9.17) is 5.11 Å². The van der Waals surface area contributed by atoms with E-state index in [1.807, 2.05) is 25.9 Å². The van der Waals surface area contributed by atoms with Gasteiger partial charge in [-0.3, -0.25) is 14.5 Å². The third-order valence-corrected chi connectivity index (χ3v) is 3.68. The van der Waals surface area contributed by atoms with Crippen LogP contribution in [0, 0.1) is 0 Å². The molecule has 0 spiro atoms. The largest absolute Gasteiger partial charge is 0.481 e. The van der Waals surface area contributed by atoms with Gasteiger partial charge in [0.2, 0.25) is 5.91 Å².